The Morgan fingerprint density at radius 3 is 2.41 bits per heavy atom. The fourth-order valence-corrected chi connectivity index (χ4v) is 12.4. The van der Waals surface area contributed by atoms with E-state index in [0.29, 0.717) is 37.2 Å². The Bertz CT molecular complexity index is 3230. The molecule has 10 rings (SSSR count). The Labute approximate surface area is 437 Å². The molecule has 3 aliphatic heterocycles. The highest BCUT2D eigenvalue weighted by atomic mass is 32.2. The number of piperidine rings is 1. The number of nitrogens with zero attached hydrogens (tertiary/aromatic N) is 5. The third-order valence-corrected chi connectivity index (χ3v) is 17.1. The van der Waals surface area contributed by atoms with Crippen molar-refractivity contribution < 1.29 is 49.6 Å². The Hall–Kier alpha value is -6.68. The summed E-state index contributed by atoms with van der Waals surface area (Å²) >= 11 is 0. The first-order valence-corrected chi connectivity index (χ1v) is 27.0. The molecule has 1 saturated carbocycles. The van der Waals surface area contributed by atoms with Crippen LogP contribution in [0.5, 0.6) is 11.5 Å². The molecule has 0 unspecified atom stereocenters. The zero-order chi connectivity index (χ0) is 53.6. The van der Waals surface area contributed by atoms with Gasteiger partial charge in [-0.2, -0.15) is 13.2 Å². The van der Waals surface area contributed by atoms with Crippen molar-refractivity contribution in [2.45, 2.75) is 93.7 Å². The molecule has 1 spiro atoms. The highest BCUT2D eigenvalue weighted by Crippen LogP contribution is 2.54. The predicted octanol–water partition coefficient (Wildman–Crippen LogP) is 10.9. The lowest BCUT2D eigenvalue weighted by Crippen LogP contribution is -2.60. The van der Waals surface area contributed by atoms with E-state index in [1.165, 1.54) is 23.4 Å². The first kappa shape index (κ1) is 52.7. The maximum Gasteiger partial charge on any atom is 0.416 e. The van der Waals surface area contributed by atoms with Crippen LogP contribution >= 0.6 is 0 Å². The fourth-order valence-electron chi connectivity index (χ4n) is 11.4. The number of H-pyrrole nitrogens is 1. The van der Waals surface area contributed by atoms with E-state index in [4.69, 9.17) is 9.47 Å². The number of hydrogen-bond donors (Lipinski definition) is 3. The summed E-state index contributed by atoms with van der Waals surface area (Å²) in [7, 11) is -4.82. The van der Waals surface area contributed by atoms with Crippen molar-refractivity contribution in [2.24, 2.45) is 5.41 Å². The van der Waals surface area contributed by atoms with E-state index in [1.54, 1.807) is 30.5 Å². The van der Waals surface area contributed by atoms with Gasteiger partial charge in [0.15, 0.2) is 0 Å². The second-order valence-electron chi connectivity index (χ2n) is 21.0. The number of carbonyl (C=O) groups excluding carboxylic acids is 1. The lowest BCUT2D eigenvalue weighted by Gasteiger charge is -2.58. The van der Waals surface area contributed by atoms with Gasteiger partial charge in [0.25, 0.3) is 21.6 Å². The molecule has 402 valence electrons. The topological polar surface area (TPSA) is 175 Å². The quantitative estimate of drug-likeness (QED) is 0.0505. The number of ether oxygens (including phenoxy) is 2. The van der Waals surface area contributed by atoms with E-state index in [1.807, 2.05) is 9.62 Å². The second-order valence-corrected chi connectivity index (χ2v) is 22.7. The number of benzene rings is 4. The van der Waals surface area contributed by atoms with E-state index < -0.39 is 60.2 Å². The minimum Gasteiger partial charge on any atom is -0.455 e. The molecular formula is C55H59F5N8O7S. The largest absolute Gasteiger partial charge is 0.455 e. The molecule has 76 heavy (non-hydrogen) atoms. The normalized spacial score (nSPS) is 19.4. The standard InChI is InChI=1S/C55H59F5N8O7S/c1-35(2)42-5-3-4-6-43(42)49-33-65(32-36-7-9-38(10-8-36)55(58,59)60)21-22-67(49)39-29-53(30-39)14-19-66(20-15-53)47-28-50(75-40-25-37-13-18-61-51(37)62-31-40)44(27-45(47)56)52(69)64-76(72,73)41-11-12-46(48(26-41)68(70)71)63-34-54(57)16-23-74-24-17-54/h3-13,18,25-28,31,35,39,49,63H,14-17,19-24,29-30,32-34H2,1-2H3,(H,61,62)(H,64,69)/t49-/m0/s1. The van der Waals surface area contributed by atoms with Gasteiger partial charge in [-0.3, -0.25) is 24.7 Å². The van der Waals surface area contributed by atoms with Crippen molar-refractivity contribution in [1.29, 1.82) is 0 Å². The molecule has 4 aromatic carbocycles. The number of aromatic amines is 1. The molecule has 0 bridgehead atoms. The molecule has 6 aromatic rings. The molecule has 0 radical (unpaired) electrons. The summed E-state index contributed by atoms with van der Waals surface area (Å²) in [6.45, 7) is 8.24. The lowest BCUT2D eigenvalue weighted by molar-refractivity contribution is -0.384. The van der Waals surface area contributed by atoms with Crippen molar-refractivity contribution in [2.75, 3.05) is 62.7 Å². The van der Waals surface area contributed by atoms with Gasteiger partial charge in [0, 0.05) is 108 Å². The zero-order valence-corrected chi connectivity index (χ0v) is 42.9. The summed E-state index contributed by atoms with van der Waals surface area (Å²) in [5, 5.41) is 15.6. The SMILES string of the molecule is CC(C)c1ccccc1[C@@H]1CN(Cc2ccc(C(F)(F)F)cc2)CCN1C1CC2(CCN(c3cc(Oc4cnc5[nH]ccc5c4)c(C(=O)NS(=O)(=O)c4ccc(NCC5(F)CCOCC5)c([N+](=O)[O-])c4)cc3F)CC2)C1. The van der Waals surface area contributed by atoms with Crippen LogP contribution < -0.4 is 19.7 Å². The molecular weight excluding hydrogens is 1010 g/mol. The number of nitro benzene ring substituents is 1. The van der Waals surface area contributed by atoms with Crippen LogP contribution in [0.15, 0.2) is 108 Å². The number of alkyl halides is 4. The minimum atomic E-state index is -4.82. The number of piperazine rings is 1. The van der Waals surface area contributed by atoms with Crippen LogP contribution in [0, 0.1) is 21.3 Å². The van der Waals surface area contributed by atoms with Crippen molar-refractivity contribution in [3.8, 4) is 11.5 Å². The average molecular weight is 1070 g/mol. The molecule has 4 fully saturated rings. The van der Waals surface area contributed by atoms with Gasteiger partial charge in [0.1, 0.15) is 34.3 Å². The average Bonchev–Trinajstić information content (AvgIpc) is 3.92. The molecule has 2 aromatic heterocycles. The number of rotatable bonds is 15. The summed E-state index contributed by atoms with van der Waals surface area (Å²) < 4.78 is 113. The van der Waals surface area contributed by atoms with Crippen LogP contribution in [0.2, 0.25) is 0 Å². The highest BCUT2D eigenvalue weighted by Gasteiger charge is 2.50. The molecule has 15 nitrogen and oxygen atoms in total. The molecule has 3 N–H and O–H groups in total. The van der Waals surface area contributed by atoms with Gasteiger partial charge in [0.2, 0.25) is 0 Å². The van der Waals surface area contributed by atoms with Crippen molar-refractivity contribution in [1.82, 2.24) is 24.5 Å². The van der Waals surface area contributed by atoms with Crippen LogP contribution in [0.1, 0.15) is 96.9 Å². The number of hydrogen-bond acceptors (Lipinski definition) is 12. The van der Waals surface area contributed by atoms with Gasteiger partial charge in [-0.1, -0.05) is 50.2 Å². The molecule has 3 saturated heterocycles. The van der Waals surface area contributed by atoms with Gasteiger partial charge in [-0.15, -0.1) is 0 Å². The van der Waals surface area contributed by atoms with Crippen LogP contribution in [0.3, 0.4) is 0 Å². The number of carbonyl (C=O) groups is 1. The smallest absolute Gasteiger partial charge is 0.416 e. The Morgan fingerprint density at radius 1 is 0.961 bits per heavy atom. The summed E-state index contributed by atoms with van der Waals surface area (Å²) in [5.74, 6) is -1.74. The predicted molar refractivity (Wildman–Crippen MR) is 276 cm³/mol. The highest BCUT2D eigenvalue weighted by molar-refractivity contribution is 7.90. The van der Waals surface area contributed by atoms with E-state index in [0.717, 1.165) is 80.7 Å². The molecule has 4 aliphatic rings. The Balaban J connectivity index is 0.848. The number of aromatic nitrogens is 2. The van der Waals surface area contributed by atoms with Crippen LogP contribution in [-0.2, 0) is 27.5 Å². The number of amides is 1. The molecule has 1 aliphatic carbocycles. The molecule has 5 heterocycles. The molecule has 21 heteroatoms. The number of nitrogens with one attached hydrogen (secondary N) is 3. The fraction of sp³-hybridized carbons (Fsp3) is 0.418. The number of sulfonamides is 1. The summed E-state index contributed by atoms with van der Waals surface area (Å²) in [6.07, 6.45) is 2.26. The minimum absolute atomic E-state index is 0.00580. The van der Waals surface area contributed by atoms with Gasteiger partial charge in [0.05, 0.1) is 32.8 Å². The maximum absolute atomic E-state index is 16.6. The third kappa shape index (κ3) is 11.2. The van der Waals surface area contributed by atoms with E-state index >= 15 is 8.78 Å². The number of pyridine rings is 1. The van der Waals surface area contributed by atoms with Gasteiger partial charge >= 0.3 is 6.18 Å². The van der Waals surface area contributed by atoms with Gasteiger partial charge in [-0.25, -0.2) is 26.9 Å². The Kier molecular flexibility index (Phi) is 14.6. The Morgan fingerprint density at radius 2 is 1.70 bits per heavy atom. The molecule has 1 amide bonds. The van der Waals surface area contributed by atoms with E-state index in [-0.39, 0.29) is 78.9 Å². The lowest BCUT2D eigenvalue weighted by atomic mass is 9.59. The zero-order valence-electron chi connectivity index (χ0n) is 42.0. The first-order chi connectivity index (χ1) is 36.3. The third-order valence-electron chi connectivity index (χ3n) is 15.7. The van der Waals surface area contributed by atoms with Gasteiger partial charge in [-0.05, 0) is 96.2 Å². The maximum atomic E-state index is 16.6. The number of fused-ring (bicyclic) bond motifs is 1. The second kappa shape index (κ2) is 21.0. The van der Waals surface area contributed by atoms with Crippen LogP contribution in [-0.4, -0.2) is 103 Å². The monoisotopic (exact) mass is 1070 g/mol. The van der Waals surface area contributed by atoms with Crippen LogP contribution in [0.25, 0.3) is 11.0 Å². The number of halogens is 5. The summed E-state index contributed by atoms with van der Waals surface area (Å²) in [4.78, 5) is 38.9. The van der Waals surface area contributed by atoms with E-state index in [2.05, 4.69) is 63.2 Å². The number of anilines is 2. The summed E-state index contributed by atoms with van der Waals surface area (Å²) in [5.41, 5.74) is 0.470. The van der Waals surface area contributed by atoms with E-state index in [9.17, 15) is 36.5 Å². The van der Waals surface area contributed by atoms with Crippen molar-refractivity contribution in [3.05, 3.63) is 147 Å². The van der Waals surface area contributed by atoms with Crippen LogP contribution in [0.4, 0.5) is 39.0 Å². The van der Waals surface area contributed by atoms with Crippen molar-refractivity contribution in [3.63, 3.8) is 0 Å². The summed E-state index contributed by atoms with van der Waals surface area (Å²) in [6, 6.07) is 22.9. The number of nitro groups is 1. The first-order valence-electron chi connectivity index (χ1n) is 25.5. The molecule has 1 atom stereocenters. The van der Waals surface area contributed by atoms with Crippen molar-refractivity contribution >= 4 is 44.0 Å². The van der Waals surface area contributed by atoms with Gasteiger partial charge < -0.3 is 24.7 Å².